The Morgan fingerprint density at radius 2 is 0.400 bits per heavy atom. The normalized spacial score (nSPS) is 15.0. The molecule has 41 nitrogen and oxygen atoms in total. The second-order valence-corrected chi connectivity index (χ2v) is 55.7. The summed E-state index contributed by atoms with van der Waals surface area (Å²) in [7, 11) is -7.94. The summed E-state index contributed by atoms with van der Waals surface area (Å²) >= 11 is -98.5. The van der Waals surface area contributed by atoms with Gasteiger partial charge in [-0.25, -0.2) is 0 Å². The van der Waals surface area contributed by atoms with Crippen LogP contribution in [0.4, 0.5) is 0 Å². The zero-order valence-electron chi connectivity index (χ0n) is 23.0. The van der Waals surface area contributed by atoms with E-state index < -0.39 is 209 Å². The Labute approximate surface area is 355 Å². The summed E-state index contributed by atoms with van der Waals surface area (Å²) in [5.41, 5.74) is 0. The van der Waals surface area contributed by atoms with E-state index in [1.54, 1.807) is 0 Å². The van der Waals surface area contributed by atoms with Gasteiger partial charge in [0, 0.05) is 0 Å². The molecular weight excluding hydrogens is 1940 g/mol. The van der Waals surface area contributed by atoms with Crippen molar-refractivity contribution in [2.45, 2.75) is 0 Å². The van der Waals surface area contributed by atoms with Crippen LogP contribution in [-0.2, 0) is 337 Å². The number of rotatable bonds is 24. The minimum atomic E-state index is -8.82. The summed E-state index contributed by atoms with van der Waals surface area (Å²) in [6, 6.07) is 0. The van der Waals surface area contributed by atoms with Crippen LogP contribution < -0.4 is 17.4 Å². The van der Waals surface area contributed by atoms with Gasteiger partial charge in [0.15, 0.2) is 0 Å². The molecule has 0 aliphatic heterocycles. The SMILES string of the molecule is O=P([O][Mo](=[O])(=[O])[O][Mo](=[O])(=[O])[O][Mo](=[O])(=[O])[O][Mo](=[O])(=[O])[O-])([O][Mo](=[O])(=[O])[O][Mo](=[O])(=[O])[O][Mo](=[O])(=[O])[O][Mo](=[O])(=[O])[O-])[O][Mo](=[O])(=[O])[O][Mo](=[O])(=[O])[O][Mo](=[O])(=[O])[O][Mo](=[O])(=[O])[O-].[Ag+].[NH4+]. The predicted octanol–water partition coefficient (Wildman–Crippen LogP) is -6.15. The summed E-state index contributed by atoms with van der Waals surface area (Å²) in [4.78, 5) is 0. The van der Waals surface area contributed by atoms with E-state index in [1.807, 2.05) is 0 Å². The fourth-order valence-corrected chi connectivity index (χ4v) is 60.0. The first kappa shape index (κ1) is 63.1. The van der Waals surface area contributed by atoms with Crippen LogP contribution in [0.15, 0.2) is 0 Å². The van der Waals surface area contributed by atoms with Crippen molar-refractivity contribution in [3.05, 3.63) is 0 Å². The zero-order valence-corrected chi connectivity index (χ0v) is 49.4. The molecule has 55 heavy (non-hydrogen) atoms. The van der Waals surface area contributed by atoms with Gasteiger partial charge in [0.25, 0.3) is 0 Å². The predicted molar refractivity (Wildman–Crippen MR) is 43.1 cm³/mol. The molecule has 0 spiro atoms. The second-order valence-electron chi connectivity index (χ2n) is 6.18. The summed E-state index contributed by atoms with van der Waals surface area (Å²) in [6.45, 7) is 0. The van der Waals surface area contributed by atoms with Gasteiger partial charge in [0.2, 0.25) is 0 Å². The monoisotopic (exact) mass is 1970 g/mol. The maximum atomic E-state index is 12.7. The minimum Gasteiger partial charge on any atom is -0.369 e. The van der Waals surface area contributed by atoms with Gasteiger partial charge in [0.1, 0.15) is 0 Å². The van der Waals surface area contributed by atoms with Gasteiger partial charge in [-0.15, -0.1) is 0 Å². The molecule has 0 saturated carbocycles. The Balaban J connectivity index is -0.0000135. The number of hydrogen-bond donors (Lipinski definition) is 1. The van der Waals surface area contributed by atoms with Crippen LogP contribution in [0.3, 0.4) is 0 Å². The topological polar surface area (TPSA) is 643 Å². The van der Waals surface area contributed by atoms with Crippen molar-refractivity contribution < 1.29 is 349 Å². The summed E-state index contributed by atoms with van der Waals surface area (Å²) < 4.78 is 351. The standard InChI is InChI=1S/Ag.12Mo.H3N.H3O4P.36O/c;;;;;;;;;;;;;;1-5(2,3)4;;;;;;;;;;;;;;;;;;;;;;;;;;;;;;;;;;;;/h;;;;;;;;;;;;;1H3;(H3,1,2,3,4);;;;;;;;;;;;;;;;;;;;;;;;;;;;;;;;;;;;/q+1;;;;;;;;;;3*+1;;;;;;;;;;;;;;;;;;;;;;;;;;;;;;;;;;;;3*-1/p-2. The number of quaternary nitrogens is 1. The smallest absolute Gasteiger partial charge is 0.369 e. The fraction of sp³-hybridized carbons (Fsp3) is 0. The van der Waals surface area contributed by atoms with Crippen molar-refractivity contribution in [2.75, 3.05) is 0 Å². The molecule has 4 N–H and O–H groups in total. The Morgan fingerprint density at radius 1 is 0.273 bits per heavy atom. The second kappa shape index (κ2) is 21.2. The fourth-order valence-electron chi connectivity index (χ4n) is 1.40. The van der Waals surface area contributed by atoms with Crippen molar-refractivity contribution in [3.8, 4) is 0 Å². The third-order valence-corrected chi connectivity index (χ3v) is 62.2. The van der Waals surface area contributed by atoms with Crippen molar-refractivity contribution in [1.82, 2.24) is 6.15 Å². The van der Waals surface area contributed by atoms with Crippen LogP contribution in [-0.4, -0.2) is 0 Å². The van der Waals surface area contributed by atoms with Crippen molar-refractivity contribution in [2.24, 2.45) is 0 Å². The quantitative estimate of drug-likeness (QED) is 0.0694. The molecule has 0 unspecified atom stereocenters. The van der Waals surface area contributed by atoms with Crippen molar-refractivity contribution in [1.29, 1.82) is 0 Å². The largest absolute Gasteiger partial charge is 1.00 e. The van der Waals surface area contributed by atoms with E-state index in [4.69, 9.17) is 0 Å². The molecule has 0 heterocycles. The summed E-state index contributed by atoms with van der Waals surface area (Å²) in [6.07, 6.45) is 0. The molecule has 338 valence electrons. The van der Waals surface area contributed by atoms with E-state index in [0.717, 1.165) is 0 Å². The number of hydrogen-bond acceptors (Lipinski definition) is 40. The summed E-state index contributed by atoms with van der Waals surface area (Å²) in [5.74, 6) is 0. The molecule has 0 rings (SSSR count). The van der Waals surface area contributed by atoms with Gasteiger partial charge < -0.3 is 6.15 Å². The maximum absolute atomic E-state index is 12.7. The van der Waals surface area contributed by atoms with Crippen molar-refractivity contribution >= 4 is 7.82 Å². The molecule has 0 fully saturated rings. The van der Waals surface area contributed by atoms with Crippen LogP contribution in [0.5, 0.6) is 0 Å². The molecule has 55 heteroatoms. The zero-order chi connectivity index (χ0) is 43.0. The van der Waals surface area contributed by atoms with Crippen LogP contribution in [0, 0.1) is 0 Å². The van der Waals surface area contributed by atoms with E-state index in [-0.39, 0.29) is 28.5 Å². The first-order chi connectivity index (χ1) is 22.5. The molecule has 0 saturated heterocycles. The maximum Gasteiger partial charge on any atom is 1.00 e. The number of phosphoric acid groups is 1. The van der Waals surface area contributed by atoms with E-state index in [2.05, 4.69) is 27.9 Å². The van der Waals surface area contributed by atoms with Gasteiger partial charge in [-0.3, -0.25) is 0 Å². The Bertz CT molecular complexity index is 2520. The Kier molecular flexibility index (Phi) is 24.3. The van der Waals surface area contributed by atoms with E-state index in [0.29, 0.717) is 0 Å². The third kappa shape index (κ3) is 31.3. The summed E-state index contributed by atoms with van der Waals surface area (Å²) in [5, 5.41) is 0. The van der Waals surface area contributed by atoms with Crippen molar-refractivity contribution in [3.63, 3.8) is 0 Å². The van der Waals surface area contributed by atoms with E-state index in [1.165, 1.54) is 0 Å². The molecule has 0 aromatic heterocycles. The molecule has 0 aromatic rings. The third-order valence-electron chi connectivity index (χ3n) is 2.05. The first-order valence-electron chi connectivity index (χ1n) is 8.73. The average Bonchev–Trinajstić information content (AvgIpc) is 2.58. The van der Waals surface area contributed by atoms with Gasteiger partial charge in [-0.1, -0.05) is 0 Å². The first-order valence-corrected chi connectivity index (χ1v) is 49.5. The average molecular weight is 1950 g/mol. The van der Waals surface area contributed by atoms with Gasteiger partial charge in [-0.05, 0) is 0 Å². The van der Waals surface area contributed by atoms with Crippen LogP contribution in [0.25, 0.3) is 0 Å². The molecule has 0 aliphatic carbocycles. The molecule has 0 amide bonds. The molecule has 0 atom stereocenters. The van der Waals surface area contributed by atoms with E-state index >= 15 is 0 Å². The van der Waals surface area contributed by atoms with Gasteiger partial charge >= 0.3 is 356 Å². The van der Waals surface area contributed by atoms with Crippen LogP contribution in [0.2, 0.25) is 0 Å². The van der Waals surface area contributed by atoms with Gasteiger partial charge in [-0.2, -0.15) is 0 Å². The molecule has 0 aromatic carbocycles. The molecule has 0 radical (unpaired) electrons. The molecule has 0 aliphatic rings. The minimum absolute atomic E-state index is 0. The Hall–Kier alpha value is 3.79. The van der Waals surface area contributed by atoms with Crippen LogP contribution in [0.1, 0.15) is 0 Å². The molecule has 0 bridgehead atoms. The Morgan fingerprint density at radius 3 is 0.545 bits per heavy atom. The van der Waals surface area contributed by atoms with Crippen LogP contribution >= 0.6 is 7.82 Å². The van der Waals surface area contributed by atoms with E-state index in [9.17, 15) is 97.4 Å². The van der Waals surface area contributed by atoms with Gasteiger partial charge in [0.05, 0.1) is 0 Å². The molecular formula is H4AgMo12NO40P-.